The summed E-state index contributed by atoms with van der Waals surface area (Å²) in [4.78, 5) is 4.88. The van der Waals surface area contributed by atoms with Gasteiger partial charge in [-0.25, -0.2) is 0 Å². The smallest absolute Gasteiger partial charge is 0.0993 e. The molecule has 2 aliphatic heterocycles. The lowest BCUT2D eigenvalue weighted by atomic mass is 9.73. The summed E-state index contributed by atoms with van der Waals surface area (Å²) in [5.74, 6) is 0. The van der Waals surface area contributed by atoms with Crippen molar-refractivity contribution >= 4 is 99.5 Å². The molecule has 3 aromatic heterocycles. The zero-order valence-corrected chi connectivity index (χ0v) is 44.3. The second-order valence-corrected chi connectivity index (χ2v) is 22.4. The van der Waals surface area contributed by atoms with E-state index in [2.05, 4.69) is 300 Å². The molecule has 0 bridgehead atoms. The van der Waals surface area contributed by atoms with Crippen molar-refractivity contribution in [3.63, 3.8) is 0 Å². The molecule has 11 aromatic carbocycles. The number of anilines is 6. The topological polar surface area (TPSA) is 45.1 Å². The van der Waals surface area contributed by atoms with Crippen LogP contribution in [0.4, 0.5) is 34.1 Å². The molecule has 2 aliphatic rings. The first-order chi connectivity index (χ1) is 38.7. The maximum atomic E-state index is 11.4. The van der Waals surface area contributed by atoms with E-state index >= 15 is 0 Å². The average molecular weight is 1010 g/mol. The lowest BCUT2D eigenvalue weighted by Gasteiger charge is -2.42. The Labute approximate surface area is 458 Å². The number of nitrogens with zero attached hydrogens (tertiary/aromatic N) is 6. The van der Waals surface area contributed by atoms with Gasteiger partial charge in [-0.15, -0.1) is 0 Å². The zero-order chi connectivity index (χ0) is 52.9. The van der Waals surface area contributed by atoms with Crippen LogP contribution in [0.1, 0.15) is 55.5 Å². The van der Waals surface area contributed by atoms with E-state index in [1.165, 1.54) is 45.0 Å². The number of fused-ring (bicyclic) bond motifs is 13. The van der Waals surface area contributed by atoms with E-state index < -0.39 is 0 Å². The first kappa shape index (κ1) is 45.1. The molecule has 79 heavy (non-hydrogen) atoms. The third kappa shape index (κ3) is 6.21. The molecule has 0 atom stereocenters. The number of hydrogen-bond donors (Lipinski definition) is 0. The van der Waals surface area contributed by atoms with Crippen molar-refractivity contribution in [2.24, 2.45) is 0 Å². The second kappa shape index (κ2) is 16.5. The Morgan fingerprint density at radius 1 is 0.291 bits per heavy atom. The van der Waals surface area contributed by atoms with E-state index in [9.17, 15) is 5.26 Å². The average Bonchev–Trinajstić information content (AvgIpc) is 4.08. The number of benzene rings is 11. The predicted octanol–water partition coefficient (Wildman–Crippen LogP) is 19.1. The zero-order valence-electron chi connectivity index (χ0n) is 44.3. The maximum absolute atomic E-state index is 11.4. The molecule has 0 N–H and O–H groups in total. The van der Waals surface area contributed by atoms with Gasteiger partial charge < -0.3 is 23.5 Å². The molecule has 0 aliphatic carbocycles. The Morgan fingerprint density at radius 2 is 0.582 bits per heavy atom. The SMILES string of the molecule is CC1(C)c2ccccc2N(c2ccc3c(c2)c2ccccc2n3-c2cc(C#N)cc(-n3c4ccccc4c4cc(N5c6ccccc6C(C)(C)c6ccccc65)ccc43)c2-n2c3ccccc3c3ccccc32)c2ccccc21. The number of para-hydroxylation sites is 8. The molecule has 16 rings (SSSR count). The van der Waals surface area contributed by atoms with Crippen molar-refractivity contribution in [1.82, 2.24) is 13.7 Å². The Morgan fingerprint density at radius 3 is 0.937 bits per heavy atom. The fraction of sp³-hybridized carbons (Fsp3) is 0.0822. The number of rotatable bonds is 5. The monoisotopic (exact) mass is 1010 g/mol. The molecule has 0 saturated carbocycles. The highest BCUT2D eigenvalue weighted by Gasteiger charge is 2.38. The van der Waals surface area contributed by atoms with Crippen LogP contribution in [-0.2, 0) is 10.8 Å². The summed E-state index contributed by atoms with van der Waals surface area (Å²) < 4.78 is 7.28. The van der Waals surface area contributed by atoms with Crippen LogP contribution in [0.15, 0.2) is 243 Å². The summed E-state index contributed by atoms with van der Waals surface area (Å²) in [6, 6.07) is 91.2. The van der Waals surface area contributed by atoms with Gasteiger partial charge in [0.2, 0.25) is 0 Å². The largest absolute Gasteiger partial charge is 0.310 e. The van der Waals surface area contributed by atoms with Gasteiger partial charge in [-0.1, -0.05) is 173 Å². The number of aromatic nitrogens is 3. The van der Waals surface area contributed by atoms with Gasteiger partial charge in [-0.2, -0.15) is 5.26 Å². The highest BCUT2D eigenvalue weighted by molar-refractivity contribution is 6.15. The van der Waals surface area contributed by atoms with Gasteiger partial charge in [0.05, 0.1) is 84.5 Å². The van der Waals surface area contributed by atoms with Gasteiger partial charge in [0.25, 0.3) is 0 Å². The van der Waals surface area contributed by atoms with Gasteiger partial charge in [0, 0.05) is 54.5 Å². The van der Waals surface area contributed by atoms with Crippen molar-refractivity contribution in [3.05, 3.63) is 270 Å². The van der Waals surface area contributed by atoms with Gasteiger partial charge in [-0.05, 0) is 119 Å². The Balaban J connectivity index is 0.995. The van der Waals surface area contributed by atoms with E-state index in [0.717, 1.165) is 93.9 Å². The highest BCUT2D eigenvalue weighted by atomic mass is 15.2. The van der Waals surface area contributed by atoms with E-state index in [0.29, 0.717) is 5.56 Å². The molecular formula is C73H52N6. The lowest BCUT2D eigenvalue weighted by Crippen LogP contribution is -2.30. The van der Waals surface area contributed by atoms with Crippen molar-refractivity contribution in [3.8, 4) is 23.1 Å². The quantitative estimate of drug-likeness (QED) is 0.173. The molecule has 14 aromatic rings. The van der Waals surface area contributed by atoms with E-state index in [4.69, 9.17) is 0 Å². The molecule has 0 amide bonds. The summed E-state index contributed by atoms with van der Waals surface area (Å²) in [6.45, 7) is 9.34. The molecule has 374 valence electrons. The first-order valence-corrected chi connectivity index (χ1v) is 27.3. The maximum Gasteiger partial charge on any atom is 0.0993 e. The predicted molar refractivity (Wildman–Crippen MR) is 328 cm³/mol. The first-order valence-electron chi connectivity index (χ1n) is 27.3. The van der Waals surface area contributed by atoms with Crippen LogP contribution in [0.25, 0.3) is 82.5 Å². The molecule has 5 heterocycles. The van der Waals surface area contributed by atoms with Gasteiger partial charge >= 0.3 is 0 Å². The van der Waals surface area contributed by atoms with Gasteiger partial charge in [-0.3, -0.25) is 0 Å². The molecule has 0 fully saturated rings. The van der Waals surface area contributed by atoms with Gasteiger partial charge in [0.15, 0.2) is 0 Å². The van der Waals surface area contributed by atoms with Crippen LogP contribution in [0, 0.1) is 11.3 Å². The second-order valence-electron chi connectivity index (χ2n) is 22.4. The Kier molecular flexibility index (Phi) is 9.40. The van der Waals surface area contributed by atoms with Crippen molar-refractivity contribution in [2.45, 2.75) is 38.5 Å². The lowest BCUT2D eigenvalue weighted by molar-refractivity contribution is 0.632. The molecule has 0 unspecified atom stereocenters. The third-order valence-electron chi connectivity index (χ3n) is 17.6. The summed E-state index contributed by atoms with van der Waals surface area (Å²) >= 11 is 0. The summed E-state index contributed by atoms with van der Waals surface area (Å²) in [7, 11) is 0. The van der Waals surface area contributed by atoms with Crippen molar-refractivity contribution < 1.29 is 0 Å². The summed E-state index contributed by atoms with van der Waals surface area (Å²) in [5, 5.41) is 18.2. The minimum atomic E-state index is -0.182. The van der Waals surface area contributed by atoms with E-state index in [1.807, 2.05) is 0 Å². The normalized spacial score (nSPS) is 14.2. The van der Waals surface area contributed by atoms with Crippen LogP contribution < -0.4 is 9.80 Å². The standard InChI is InChI=1S/C73H52N6/c1-72(2)55-25-9-17-33-65(55)75(66-34-18-10-26-56(66)72)47-37-39-63-53(43-47)51-23-7-13-29-59(51)77(63)69-41-46(45-74)42-70(71(69)79-61-31-15-5-21-49(61)50-22-6-16-32-62(50)79)78-60-30-14-8-24-52(60)54-44-48(38-40-64(54)78)76-67-35-19-11-27-57(67)73(3,4)58-28-12-20-36-68(58)76/h5-44H,1-4H3. The fourth-order valence-electron chi connectivity index (χ4n) is 14.0. The molecular weight excluding hydrogens is 961 g/mol. The van der Waals surface area contributed by atoms with Gasteiger partial charge in [0.1, 0.15) is 0 Å². The van der Waals surface area contributed by atoms with E-state index in [1.54, 1.807) is 0 Å². The molecule has 0 saturated heterocycles. The van der Waals surface area contributed by atoms with Crippen LogP contribution in [0.2, 0.25) is 0 Å². The van der Waals surface area contributed by atoms with Crippen LogP contribution in [0.3, 0.4) is 0 Å². The molecule has 0 spiro atoms. The fourth-order valence-corrected chi connectivity index (χ4v) is 14.0. The number of hydrogen-bond acceptors (Lipinski definition) is 3. The summed E-state index contributed by atoms with van der Waals surface area (Å²) in [6.07, 6.45) is 0. The summed E-state index contributed by atoms with van der Waals surface area (Å²) in [5.41, 5.74) is 21.4. The molecule has 6 heteroatoms. The minimum absolute atomic E-state index is 0.182. The minimum Gasteiger partial charge on any atom is -0.310 e. The highest BCUT2D eigenvalue weighted by Crippen LogP contribution is 2.55. The van der Waals surface area contributed by atoms with E-state index in [-0.39, 0.29) is 10.8 Å². The molecule has 0 radical (unpaired) electrons. The number of nitriles is 1. The third-order valence-corrected chi connectivity index (χ3v) is 17.6. The van der Waals surface area contributed by atoms with Crippen molar-refractivity contribution in [2.75, 3.05) is 9.80 Å². The van der Waals surface area contributed by atoms with Crippen molar-refractivity contribution in [1.29, 1.82) is 5.26 Å². The Bertz CT molecular complexity index is 4560. The van der Waals surface area contributed by atoms with Crippen LogP contribution in [-0.4, -0.2) is 13.7 Å². The Hall–Kier alpha value is -10.1. The molecule has 6 nitrogen and oxygen atoms in total. The van der Waals surface area contributed by atoms with Crippen LogP contribution in [0.5, 0.6) is 0 Å². The van der Waals surface area contributed by atoms with Crippen LogP contribution >= 0.6 is 0 Å².